The van der Waals surface area contributed by atoms with Crippen LogP contribution in [0, 0.1) is 11.3 Å². The van der Waals surface area contributed by atoms with Gasteiger partial charge in [0.15, 0.2) is 11.5 Å². The first-order valence-electron chi connectivity index (χ1n) is 3.44. The molecule has 0 aliphatic carbocycles. The molecule has 0 unspecified atom stereocenters. The summed E-state index contributed by atoms with van der Waals surface area (Å²) in [4.78, 5) is 0. The van der Waals surface area contributed by atoms with E-state index in [-0.39, 0.29) is 0 Å². The van der Waals surface area contributed by atoms with Gasteiger partial charge < -0.3 is 9.47 Å². The van der Waals surface area contributed by atoms with Crippen molar-refractivity contribution in [3.8, 4) is 17.6 Å². The third-order valence-corrected chi connectivity index (χ3v) is 1.52. The Hall–Kier alpha value is -1.69. The Morgan fingerprint density at radius 1 is 1.25 bits per heavy atom. The van der Waals surface area contributed by atoms with Gasteiger partial charge in [0.25, 0.3) is 0 Å². The van der Waals surface area contributed by atoms with Crippen molar-refractivity contribution in [2.45, 2.75) is 0 Å². The second kappa shape index (κ2) is 3.63. The van der Waals surface area contributed by atoms with E-state index < -0.39 is 0 Å². The van der Waals surface area contributed by atoms with Gasteiger partial charge in [-0.3, -0.25) is 0 Å². The van der Waals surface area contributed by atoms with Crippen molar-refractivity contribution in [3.05, 3.63) is 23.8 Å². The summed E-state index contributed by atoms with van der Waals surface area (Å²) in [7, 11) is 3.05. The van der Waals surface area contributed by atoms with Crippen LogP contribution < -0.4 is 9.47 Å². The average molecular weight is 163 g/mol. The van der Waals surface area contributed by atoms with Crippen molar-refractivity contribution in [3.63, 3.8) is 0 Å². The summed E-state index contributed by atoms with van der Waals surface area (Å²) in [5, 5.41) is 8.68. The molecule has 1 rings (SSSR count). The SMILES string of the molecule is COc1cccc(C#N)c1OC. The predicted molar refractivity (Wildman–Crippen MR) is 44.3 cm³/mol. The van der Waals surface area contributed by atoms with Crippen LogP contribution in [-0.2, 0) is 0 Å². The van der Waals surface area contributed by atoms with E-state index in [1.807, 2.05) is 6.07 Å². The van der Waals surface area contributed by atoms with Crippen molar-refractivity contribution < 1.29 is 9.47 Å². The molecule has 0 saturated carbocycles. The summed E-state index contributed by atoms with van der Waals surface area (Å²) in [6.45, 7) is 0. The smallest absolute Gasteiger partial charge is 0.178 e. The summed E-state index contributed by atoms with van der Waals surface area (Å²) in [5.41, 5.74) is 0.483. The lowest BCUT2D eigenvalue weighted by atomic mass is 10.2. The molecule has 0 heterocycles. The Bertz CT molecular complexity index is 315. The fraction of sp³-hybridized carbons (Fsp3) is 0.222. The number of para-hydroxylation sites is 1. The van der Waals surface area contributed by atoms with Crippen LogP contribution in [0.3, 0.4) is 0 Å². The van der Waals surface area contributed by atoms with Crippen LogP contribution in [0.1, 0.15) is 5.56 Å². The monoisotopic (exact) mass is 163 g/mol. The molecule has 1 aromatic rings. The Balaban J connectivity index is 3.24. The van der Waals surface area contributed by atoms with Crippen LogP contribution >= 0.6 is 0 Å². The van der Waals surface area contributed by atoms with E-state index in [1.54, 1.807) is 25.3 Å². The van der Waals surface area contributed by atoms with Gasteiger partial charge in [-0.05, 0) is 12.1 Å². The molecule has 0 N–H and O–H groups in total. The van der Waals surface area contributed by atoms with Gasteiger partial charge in [0, 0.05) is 0 Å². The molecule has 0 amide bonds. The van der Waals surface area contributed by atoms with E-state index in [1.165, 1.54) is 7.11 Å². The summed E-state index contributed by atoms with van der Waals surface area (Å²) in [5.74, 6) is 1.07. The van der Waals surface area contributed by atoms with Crippen molar-refractivity contribution in [2.75, 3.05) is 14.2 Å². The highest BCUT2D eigenvalue weighted by atomic mass is 16.5. The molecule has 0 atom stereocenters. The molecule has 0 spiro atoms. The van der Waals surface area contributed by atoms with Gasteiger partial charge in [-0.15, -0.1) is 0 Å². The second-order valence-electron chi connectivity index (χ2n) is 2.15. The van der Waals surface area contributed by atoms with Crippen molar-refractivity contribution in [2.24, 2.45) is 0 Å². The molecule has 3 heteroatoms. The molecular weight excluding hydrogens is 154 g/mol. The van der Waals surface area contributed by atoms with Gasteiger partial charge in [-0.25, -0.2) is 0 Å². The number of hydrogen-bond acceptors (Lipinski definition) is 3. The van der Waals surface area contributed by atoms with E-state index in [9.17, 15) is 0 Å². The zero-order chi connectivity index (χ0) is 8.97. The first-order valence-corrected chi connectivity index (χ1v) is 3.44. The van der Waals surface area contributed by atoms with Gasteiger partial charge >= 0.3 is 0 Å². The van der Waals surface area contributed by atoms with E-state index in [4.69, 9.17) is 14.7 Å². The number of ether oxygens (including phenoxy) is 2. The molecule has 0 bridgehead atoms. The second-order valence-corrected chi connectivity index (χ2v) is 2.15. The van der Waals surface area contributed by atoms with E-state index in [0.29, 0.717) is 17.1 Å². The van der Waals surface area contributed by atoms with Crippen molar-refractivity contribution in [1.82, 2.24) is 0 Å². The van der Waals surface area contributed by atoms with Crippen molar-refractivity contribution in [1.29, 1.82) is 5.26 Å². The Morgan fingerprint density at radius 3 is 2.50 bits per heavy atom. The standard InChI is InChI=1S/C9H9NO2/c1-11-8-5-3-4-7(6-10)9(8)12-2/h3-5H,1-2H3. The van der Waals surface area contributed by atoms with E-state index in [0.717, 1.165) is 0 Å². The number of benzene rings is 1. The minimum absolute atomic E-state index is 0.483. The molecule has 62 valence electrons. The van der Waals surface area contributed by atoms with Crippen LogP contribution in [0.25, 0.3) is 0 Å². The summed E-state index contributed by atoms with van der Waals surface area (Å²) < 4.78 is 10.0. The van der Waals surface area contributed by atoms with Gasteiger partial charge in [0.2, 0.25) is 0 Å². The maximum Gasteiger partial charge on any atom is 0.178 e. The highest BCUT2D eigenvalue weighted by Crippen LogP contribution is 2.29. The number of methoxy groups -OCH3 is 2. The van der Waals surface area contributed by atoms with E-state index in [2.05, 4.69) is 0 Å². The van der Waals surface area contributed by atoms with Crippen LogP contribution in [0.2, 0.25) is 0 Å². The van der Waals surface area contributed by atoms with E-state index >= 15 is 0 Å². The highest BCUT2D eigenvalue weighted by molar-refractivity contribution is 5.52. The third-order valence-electron chi connectivity index (χ3n) is 1.52. The molecule has 12 heavy (non-hydrogen) atoms. The summed E-state index contributed by atoms with van der Waals surface area (Å²) in [6, 6.07) is 7.20. The molecule has 0 aliphatic rings. The quantitative estimate of drug-likeness (QED) is 0.664. The molecule has 1 aromatic carbocycles. The Morgan fingerprint density at radius 2 is 2.00 bits per heavy atom. The summed E-state index contributed by atoms with van der Waals surface area (Å²) >= 11 is 0. The number of rotatable bonds is 2. The molecule has 3 nitrogen and oxygen atoms in total. The first-order chi connectivity index (χ1) is 5.83. The van der Waals surface area contributed by atoms with Crippen LogP contribution in [0.4, 0.5) is 0 Å². The van der Waals surface area contributed by atoms with Gasteiger partial charge in [0.1, 0.15) is 6.07 Å². The lowest BCUT2D eigenvalue weighted by Crippen LogP contribution is -1.92. The lowest BCUT2D eigenvalue weighted by Gasteiger charge is -2.07. The van der Waals surface area contributed by atoms with Crippen LogP contribution in [0.15, 0.2) is 18.2 Å². The molecule has 0 fully saturated rings. The molecule has 0 aliphatic heterocycles. The molecule has 0 aromatic heterocycles. The Kier molecular flexibility index (Phi) is 2.54. The van der Waals surface area contributed by atoms with Crippen LogP contribution in [0.5, 0.6) is 11.5 Å². The molecular formula is C9H9NO2. The fourth-order valence-electron chi connectivity index (χ4n) is 0.975. The van der Waals surface area contributed by atoms with Gasteiger partial charge in [-0.2, -0.15) is 5.26 Å². The lowest BCUT2D eigenvalue weighted by molar-refractivity contribution is 0.354. The minimum atomic E-state index is 0.483. The first kappa shape index (κ1) is 8.41. The van der Waals surface area contributed by atoms with Gasteiger partial charge in [0.05, 0.1) is 19.8 Å². The molecule has 0 saturated heterocycles. The van der Waals surface area contributed by atoms with Crippen LogP contribution in [-0.4, -0.2) is 14.2 Å². The highest BCUT2D eigenvalue weighted by Gasteiger charge is 2.07. The van der Waals surface area contributed by atoms with Crippen molar-refractivity contribution >= 4 is 0 Å². The predicted octanol–water partition coefficient (Wildman–Crippen LogP) is 1.58. The minimum Gasteiger partial charge on any atom is -0.493 e. The fourth-order valence-corrected chi connectivity index (χ4v) is 0.975. The van der Waals surface area contributed by atoms with Gasteiger partial charge in [-0.1, -0.05) is 6.07 Å². The normalized spacial score (nSPS) is 8.75. The number of nitrogens with zero attached hydrogens (tertiary/aromatic N) is 1. The number of nitriles is 1. The largest absolute Gasteiger partial charge is 0.493 e. The zero-order valence-electron chi connectivity index (χ0n) is 7.00. The maximum absolute atomic E-state index is 8.68. The summed E-state index contributed by atoms with van der Waals surface area (Å²) in [6.07, 6.45) is 0. The zero-order valence-corrected chi connectivity index (χ0v) is 7.00. The number of hydrogen-bond donors (Lipinski definition) is 0. The average Bonchev–Trinajstić information content (AvgIpc) is 2.16. The topological polar surface area (TPSA) is 42.2 Å². The third kappa shape index (κ3) is 1.32. The Labute approximate surface area is 71.1 Å². The maximum atomic E-state index is 8.68. The molecule has 0 radical (unpaired) electrons.